The summed E-state index contributed by atoms with van der Waals surface area (Å²) < 4.78 is 17.3. The molecule has 1 nitrogen and oxygen atoms in total. The third kappa shape index (κ3) is 5.81. The van der Waals surface area contributed by atoms with Crippen molar-refractivity contribution in [2.75, 3.05) is 0 Å². The molecule has 0 saturated heterocycles. The average Bonchev–Trinajstić information content (AvgIpc) is 3.67. The van der Waals surface area contributed by atoms with E-state index < -0.39 is 20.5 Å². The molecule has 0 aliphatic heterocycles. The maximum Gasteiger partial charge on any atom is 0.171 e. The molecule has 0 fully saturated rings. The second kappa shape index (κ2) is 14.3. The Morgan fingerprint density at radius 3 is 1.20 bits per heavy atom. The molecule has 0 bridgehead atoms. The molecule has 294 valence electrons. The Balaban J connectivity index is 1.40. The lowest BCUT2D eigenvalue weighted by Crippen LogP contribution is -2.39. The van der Waals surface area contributed by atoms with Gasteiger partial charge in [0.2, 0.25) is 0 Å². The molecule has 3 heteroatoms. The molecule has 0 saturated carbocycles. The van der Waals surface area contributed by atoms with Crippen LogP contribution in [0.5, 0.6) is 0 Å². The molecule has 0 amide bonds. The van der Waals surface area contributed by atoms with Crippen molar-refractivity contribution >= 4 is 46.9 Å². The van der Waals surface area contributed by atoms with E-state index in [2.05, 4.69) is 213 Å². The minimum absolute atomic E-state index is 0.739. The van der Waals surface area contributed by atoms with Gasteiger partial charge in [0.15, 0.2) is 7.14 Å². The summed E-state index contributed by atoms with van der Waals surface area (Å²) in [5.74, 6) is 0. The molecule has 0 heterocycles. The van der Waals surface area contributed by atoms with Crippen molar-refractivity contribution in [3.8, 4) is 22.3 Å². The fourth-order valence-corrected chi connectivity index (χ4v) is 17.2. The van der Waals surface area contributed by atoms with Gasteiger partial charge >= 0.3 is 0 Å². The molecule has 0 radical (unpaired) electrons. The first-order chi connectivity index (χ1) is 28.9. The molecule has 8 aromatic rings. The highest BCUT2D eigenvalue weighted by atomic mass is 31.2. The van der Waals surface area contributed by atoms with E-state index in [0.717, 1.165) is 49.3 Å². The van der Waals surface area contributed by atoms with Crippen LogP contribution in [-0.4, -0.2) is 0 Å². The van der Waals surface area contributed by atoms with Gasteiger partial charge in [-0.3, -0.25) is 0 Å². The third-order valence-electron chi connectivity index (χ3n) is 12.7. The highest BCUT2D eigenvalue weighted by Crippen LogP contribution is 2.65. The van der Waals surface area contributed by atoms with Crippen LogP contribution in [0.15, 0.2) is 158 Å². The van der Waals surface area contributed by atoms with Crippen LogP contribution in [0.2, 0.25) is 0 Å². The largest absolute Gasteiger partial charge is 0.309 e. The third-order valence-corrected chi connectivity index (χ3v) is 18.2. The van der Waals surface area contributed by atoms with Gasteiger partial charge in [-0.15, -0.1) is 0 Å². The molecule has 1 spiro atoms. The Bertz CT molecular complexity index is 2930. The summed E-state index contributed by atoms with van der Waals surface area (Å²) in [7, 11) is -4.58. The molecule has 0 aromatic heterocycles. The second-order valence-electron chi connectivity index (χ2n) is 17.6. The molecule has 10 rings (SSSR count). The van der Waals surface area contributed by atoms with Crippen LogP contribution in [0.3, 0.4) is 0 Å². The number of hydrogen-bond acceptors (Lipinski definition) is 1. The van der Waals surface area contributed by atoms with Crippen LogP contribution >= 0.6 is 15.1 Å². The highest BCUT2D eigenvalue weighted by Gasteiger charge is 2.56. The average molecular weight is 813 g/mol. The van der Waals surface area contributed by atoms with Crippen LogP contribution in [0.1, 0.15) is 66.8 Å². The van der Waals surface area contributed by atoms with Gasteiger partial charge in [0, 0.05) is 15.9 Å². The van der Waals surface area contributed by atoms with Crippen molar-refractivity contribution in [1.82, 2.24) is 0 Å². The number of rotatable bonds is 6. The molecule has 0 unspecified atom stereocenters. The quantitative estimate of drug-likeness (QED) is 0.153. The first-order valence-electron chi connectivity index (χ1n) is 21.1. The van der Waals surface area contributed by atoms with Crippen molar-refractivity contribution in [3.05, 3.63) is 224 Å². The number of hydrogen-bond donors (Lipinski definition) is 0. The lowest BCUT2D eigenvalue weighted by Gasteiger charge is -2.37. The monoisotopic (exact) mass is 812 g/mol. The van der Waals surface area contributed by atoms with Gasteiger partial charge in [-0.25, -0.2) is 0 Å². The van der Waals surface area contributed by atoms with Crippen molar-refractivity contribution in [3.63, 3.8) is 0 Å². The summed E-state index contributed by atoms with van der Waals surface area (Å²) >= 11 is 0. The Labute approximate surface area is 357 Å². The summed E-state index contributed by atoms with van der Waals surface area (Å²) in [6.07, 6.45) is 0. The molecular weight excluding hydrogens is 763 g/mol. The fourth-order valence-electron chi connectivity index (χ4n) is 10.9. The summed E-state index contributed by atoms with van der Waals surface area (Å²) in [4.78, 5) is 0. The molecule has 0 N–H and O–H groups in total. The molecule has 8 aromatic carbocycles. The first kappa shape index (κ1) is 38.6. The standard InChI is InChI=1S/C57H50OP2/c1-35-23-36(2)28-43(27-35)59(44-29-37(3)24-38(4)30-44)53-21-13-17-49-47-15-9-11-19-51(47)57(55(49)53)52-20-12-10-16-48(52)50-18-14-22-54(56(50)57)60(58,45-31-39(5)25-40(6)32-45)46-33-41(7)26-42(8)34-46/h9-34H,1-8H3/t57-/m1/s1. The Hall–Kier alpha value is -5.58. The van der Waals surface area contributed by atoms with Gasteiger partial charge in [-0.05, 0) is 148 Å². The Kier molecular flexibility index (Phi) is 9.18. The highest BCUT2D eigenvalue weighted by molar-refractivity contribution is 7.85. The summed E-state index contributed by atoms with van der Waals surface area (Å²) in [6, 6.07) is 59.2. The maximum absolute atomic E-state index is 17.3. The smallest absolute Gasteiger partial charge is 0.171 e. The maximum atomic E-state index is 17.3. The topological polar surface area (TPSA) is 17.1 Å². The number of aryl methyl sites for hydroxylation is 8. The zero-order chi connectivity index (χ0) is 41.7. The van der Waals surface area contributed by atoms with Crippen molar-refractivity contribution in [1.29, 1.82) is 0 Å². The molecular formula is C57H50OP2. The van der Waals surface area contributed by atoms with Gasteiger partial charge < -0.3 is 4.57 Å². The molecule has 1 atom stereocenters. The molecule has 60 heavy (non-hydrogen) atoms. The van der Waals surface area contributed by atoms with E-state index in [1.807, 2.05) is 0 Å². The van der Waals surface area contributed by atoms with Gasteiger partial charge in [0.05, 0.1) is 5.41 Å². The van der Waals surface area contributed by atoms with Gasteiger partial charge in [-0.1, -0.05) is 178 Å². The summed E-state index contributed by atoms with van der Waals surface area (Å²) in [5.41, 5.74) is 18.7. The lowest BCUT2D eigenvalue weighted by molar-refractivity contribution is 0.592. The van der Waals surface area contributed by atoms with Crippen LogP contribution in [0.25, 0.3) is 22.3 Å². The summed E-state index contributed by atoms with van der Waals surface area (Å²) in [6.45, 7) is 17.4. The predicted octanol–water partition coefficient (Wildman–Crippen LogP) is 11.9. The van der Waals surface area contributed by atoms with E-state index in [0.29, 0.717) is 0 Å². The van der Waals surface area contributed by atoms with E-state index >= 15 is 4.57 Å². The Morgan fingerprint density at radius 1 is 0.383 bits per heavy atom. The number of fused-ring (bicyclic) bond motifs is 10. The first-order valence-corrected chi connectivity index (χ1v) is 24.1. The molecule has 2 aliphatic rings. The van der Waals surface area contributed by atoms with Crippen LogP contribution in [-0.2, 0) is 9.98 Å². The minimum Gasteiger partial charge on any atom is -0.309 e. The SMILES string of the molecule is Cc1cc(C)cc(P(c2cc(C)cc(C)c2)c2cccc3c2[C@@]2(c4ccccc4-3)c3ccccc3-c3cccc(P(=O)(c4cc(C)cc(C)c4)c4cc(C)cc(C)c4)c32)c1. The molecule has 2 aliphatic carbocycles. The van der Waals surface area contributed by atoms with Gasteiger partial charge in [0.25, 0.3) is 0 Å². The zero-order valence-electron chi connectivity index (χ0n) is 35.8. The fraction of sp³-hybridized carbons (Fsp3) is 0.158. The van der Waals surface area contributed by atoms with Gasteiger partial charge in [-0.2, -0.15) is 0 Å². The van der Waals surface area contributed by atoms with Crippen molar-refractivity contribution < 1.29 is 4.57 Å². The predicted molar refractivity (Wildman–Crippen MR) is 259 cm³/mol. The van der Waals surface area contributed by atoms with Crippen LogP contribution in [0, 0.1) is 55.4 Å². The van der Waals surface area contributed by atoms with E-state index in [-0.39, 0.29) is 0 Å². The minimum atomic E-state index is -3.53. The summed E-state index contributed by atoms with van der Waals surface area (Å²) in [5, 5.41) is 6.74. The normalized spacial score (nSPS) is 14.9. The van der Waals surface area contributed by atoms with E-state index in [4.69, 9.17) is 0 Å². The van der Waals surface area contributed by atoms with E-state index in [1.54, 1.807) is 0 Å². The van der Waals surface area contributed by atoms with E-state index in [1.165, 1.54) is 71.5 Å². The lowest BCUT2D eigenvalue weighted by atomic mass is 9.70. The van der Waals surface area contributed by atoms with Crippen molar-refractivity contribution in [2.24, 2.45) is 0 Å². The Morgan fingerprint density at radius 2 is 0.750 bits per heavy atom. The van der Waals surface area contributed by atoms with Crippen LogP contribution < -0.4 is 31.8 Å². The van der Waals surface area contributed by atoms with Gasteiger partial charge in [0.1, 0.15) is 0 Å². The van der Waals surface area contributed by atoms with E-state index in [9.17, 15) is 0 Å². The zero-order valence-corrected chi connectivity index (χ0v) is 37.6. The second-order valence-corrected chi connectivity index (χ2v) is 22.5. The van der Waals surface area contributed by atoms with Crippen LogP contribution in [0.4, 0.5) is 0 Å². The number of benzene rings is 8. The van der Waals surface area contributed by atoms with Crippen molar-refractivity contribution in [2.45, 2.75) is 60.8 Å².